The average Bonchev–Trinajstić information content (AvgIpc) is 2.35. The van der Waals surface area contributed by atoms with E-state index >= 15 is 0 Å². The van der Waals surface area contributed by atoms with Gasteiger partial charge in [0.15, 0.2) is 5.92 Å². The Bertz CT molecular complexity index is 651. The lowest BCUT2D eigenvalue weighted by molar-refractivity contribution is -0.155. The van der Waals surface area contributed by atoms with Gasteiger partial charge >= 0.3 is 12.1 Å². The van der Waals surface area contributed by atoms with E-state index in [1.54, 1.807) is 41.5 Å². The summed E-state index contributed by atoms with van der Waals surface area (Å²) < 4.78 is 10.4. The summed E-state index contributed by atoms with van der Waals surface area (Å²) in [5, 5.41) is 11.8. The van der Waals surface area contributed by atoms with E-state index in [1.807, 2.05) is 6.07 Å². The van der Waals surface area contributed by atoms with Crippen LogP contribution in [-0.4, -0.2) is 28.2 Å². The molecule has 1 rings (SSSR count). The van der Waals surface area contributed by atoms with Crippen LogP contribution in [0.1, 0.15) is 53.2 Å². The standard InChI is InChI=1S/C17H23N3O4/c1-16(2,3)23-14(21)12(10-18)13-9-11(7-8-19-13)20-15(22)24-17(4,5)6/h7-9,12H,1-6H3,(H,19,20,22)/t12-/m0/s1. The molecular weight excluding hydrogens is 310 g/mol. The zero-order valence-corrected chi connectivity index (χ0v) is 14.8. The number of ether oxygens (including phenoxy) is 2. The van der Waals surface area contributed by atoms with Crippen LogP contribution < -0.4 is 5.32 Å². The molecular formula is C17H23N3O4. The van der Waals surface area contributed by atoms with Gasteiger partial charge in [-0.3, -0.25) is 15.1 Å². The third-order valence-corrected chi connectivity index (χ3v) is 2.49. The van der Waals surface area contributed by atoms with Gasteiger partial charge in [-0.15, -0.1) is 0 Å². The van der Waals surface area contributed by atoms with Crippen molar-refractivity contribution >= 4 is 17.7 Å². The van der Waals surface area contributed by atoms with E-state index in [4.69, 9.17) is 9.47 Å². The van der Waals surface area contributed by atoms with E-state index in [1.165, 1.54) is 18.3 Å². The van der Waals surface area contributed by atoms with Crippen molar-refractivity contribution in [1.82, 2.24) is 4.98 Å². The van der Waals surface area contributed by atoms with Gasteiger partial charge in [0.25, 0.3) is 0 Å². The molecule has 7 nitrogen and oxygen atoms in total. The average molecular weight is 333 g/mol. The number of nitrogens with zero attached hydrogens (tertiary/aromatic N) is 2. The summed E-state index contributed by atoms with van der Waals surface area (Å²) in [5.41, 5.74) is -0.775. The van der Waals surface area contributed by atoms with Crippen LogP contribution in [0.4, 0.5) is 10.5 Å². The maximum atomic E-state index is 12.1. The van der Waals surface area contributed by atoms with Crippen LogP contribution in [0.3, 0.4) is 0 Å². The topological polar surface area (TPSA) is 101 Å². The van der Waals surface area contributed by atoms with Crippen LogP contribution in [0.5, 0.6) is 0 Å². The fourth-order valence-electron chi connectivity index (χ4n) is 1.71. The van der Waals surface area contributed by atoms with Gasteiger partial charge in [0.1, 0.15) is 11.2 Å². The SMILES string of the molecule is CC(C)(C)OC(=O)Nc1ccnc([C@H](C#N)C(=O)OC(C)(C)C)c1. The summed E-state index contributed by atoms with van der Waals surface area (Å²) >= 11 is 0. The number of hydrogen-bond donors (Lipinski definition) is 1. The molecule has 0 spiro atoms. The Kier molecular flexibility index (Phi) is 5.91. The maximum absolute atomic E-state index is 12.1. The Morgan fingerprint density at radius 3 is 2.25 bits per heavy atom. The maximum Gasteiger partial charge on any atom is 0.412 e. The van der Waals surface area contributed by atoms with Crippen LogP contribution >= 0.6 is 0 Å². The first kappa shape index (κ1) is 19.4. The zero-order valence-electron chi connectivity index (χ0n) is 14.8. The molecule has 0 bridgehead atoms. The number of aromatic nitrogens is 1. The number of carbonyl (C=O) groups excluding carboxylic acids is 2. The van der Waals surface area contributed by atoms with Crippen molar-refractivity contribution in [3.63, 3.8) is 0 Å². The van der Waals surface area contributed by atoms with Gasteiger partial charge in [-0.05, 0) is 53.7 Å². The van der Waals surface area contributed by atoms with E-state index in [9.17, 15) is 14.9 Å². The highest BCUT2D eigenvalue weighted by Gasteiger charge is 2.28. The quantitative estimate of drug-likeness (QED) is 0.851. The molecule has 0 unspecified atom stereocenters. The largest absolute Gasteiger partial charge is 0.459 e. The van der Waals surface area contributed by atoms with Crippen LogP contribution in [0.2, 0.25) is 0 Å². The summed E-state index contributed by atoms with van der Waals surface area (Å²) in [5.74, 6) is -1.86. The third-order valence-electron chi connectivity index (χ3n) is 2.49. The van der Waals surface area contributed by atoms with Gasteiger partial charge in [0, 0.05) is 11.9 Å². The van der Waals surface area contributed by atoms with Crippen molar-refractivity contribution in [1.29, 1.82) is 5.26 Å². The number of amides is 1. The van der Waals surface area contributed by atoms with Gasteiger partial charge < -0.3 is 9.47 Å². The van der Waals surface area contributed by atoms with E-state index in [2.05, 4.69) is 10.3 Å². The lowest BCUT2D eigenvalue weighted by Gasteiger charge is -2.21. The van der Waals surface area contributed by atoms with E-state index < -0.39 is 29.2 Å². The molecule has 0 aliphatic carbocycles. The highest BCUT2D eigenvalue weighted by atomic mass is 16.6. The number of nitriles is 1. The predicted octanol–water partition coefficient (Wildman–Crippen LogP) is 3.38. The minimum atomic E-state index is -1.18. The molecule has 1 N–H and O–H groups in total. The summed E-state index contributed by atoms with van der Waals surface area (Å²) in [7, 11) is 0. The van der Waals surface area contributed by atoms with Crippen molar-refractivity contribution in [2.24, 2.45) is 0 Å². The second-order valence-corrected chi connectivity index (χ2v) is 7.19. The van der Waals surface area contributed by atoms with E-state index in [0.29, 0.717) is 5.69 Å². The molecule has 0 aliphatic rings. The molecule has 1 amide bonds. The normalized spacial score (nSPS) is 12.7. The lowest BCUT2D eigenvalue weighted by atomic mass is 10.1. The van der Waals surface area contributed by atoms with Crippen LogP contribution in [0.15, 0.2) is 18.3 Å². The number of hydrogen-bond acceptors (Lipinski definition) is 6. The molecule has 0 aliphatic heterocycles. The van der Waals surface area contributed by atoms with Crippen molar-refractivity contribution in [2.45, 2.75) is 58.7 Å². The predicted molar refractivity (Wildman–Crippen MR) is 88.3 cm³/mol. The Balaban J connectivity index is 2.92. The molecule has 0 saturated heterocycles. The van der Waals surface area contributed by atoms with Crippen LogP contribution in [0, 0.1) is 11.3 Å². The smallest absolute Gasteiger partial charge is 0.412 e. The first-order chi connectivity index (χ1) is 10.9. The molecule has 7 heteroatoms. The van der Waals surface area contributed by atoms with Crippen molar-refractivity contribution in [3.05, 3.63) is 24.0 Å². The Morgan fingerprint density at radius 1 is 1.17 bits per heavy atom. The molecule has 24 heavy (non-hydrogen) atoms. The number of esters is 1. The highest BCUT2D eigenvalue weighted by Crippen LogP contribution is 2.21. The molecule has 130 valence electrons. The molecule has 1 aromatic heterocycles. The van der Waals surface area contributed by atoms with Gasteiger partial charge in [-0.25, -0.2) is 4.79 Å². The zero-order chi connectivity index (χ0) is 18.5. The molecule has 1 heterocycles. The number of carbonyl (C=O) groups is 2. The molecule has 0 fully saturated rings. The minimum absolute atomic E-state index is 0.195. The van der Waals surface area contributed by atoms with Gasteiger partial charge in [0.05, 0.1) is 11.8 Å². The summed E-state index contributed by atoms with van der Waals surface area (Å²) in [4.78, 5) is 27.9. The second-order valence-electron chi connectivity index (χ2n) is 7.19. The Hall–Kier alpha value is -2.62. The third kappa shape index (κ3) is 6.65. The summed E-state index contributed by atoms with van der Waals surface area (Å²) in [6, 6.07) is 4.86. The van der Waals surface area contributed by atoms with Gasteiger partial charge in [-0.1, -0.05) is 0 Å². The van der Waals surface area contributed by atoms with E-state index in [0.717, 1.165) is 0 Å². The minimum Gasteiger partial charge on any atom is -0.459 e. The fourth-order valence-corrected chi connectivity index (χ4v) is 1.71. The van der Waals surface area contributed by atoms with Crippen LogP contribution in [0.25, 0.3) is 0 Å². The summed E-state index contributed by atoms with van der Waals surface area (Å²) in [6.45, 7) is 10.4. The molecule has 1 aromatic rings. The van der Waals surface area contributed by atoms with Gasteiger partial charge in [-0.2, -0.15) is 5.26 Å². The fraction of sp³-hybridized carbons (Fsp3) is 0.529. The monoisotopic (exact) mass is 333 g/mol. The molecule has 1 atom stereocenters. The second kappa shape index (κ2) is 7.30. The number of anilines is 1. The number of nitrogens with one attached hydrogen (secondary N) is 1. The first-order valence-corrected chi connectivity index (χ1v) is 7.50. The number of pyridine rings is 1. The van der Waals surface area contributed by atoms with Crippen LogP contribution in [-0.2, 0) is 14.3 Å². The Morgan fingerprint density at radius 2 is 1.75 bits per heavy atom. The molecule has 0 radical (unpaired) electrons. The highest BCUT2D eigenvalue weighted by molar-refractivity contribution is 5.86. The van der Waals surface area contributed by atoms with Crippen molar-refractivity contribution < 1.29 is 19.1 Å². The molecule has 0 aromatic carbocycles. The van der Waals surface area contributed by atoms with Gasteiger partial charge in [0.2, 0.25) is 0 Å². The lowest BCUT2D eigenvalue weighted by Crippen LogP contribution is -2.28. The van der Waals surface area contributed by atoms with Crippen molar-refractivity contribution in [2.75, 3.05) is 5.32 Å². The number of rotatable bonds is 3. The molecule has 0 saturated carbocycles. The Labute approximate surface area is 142 Å². The first-order valence-electron chi connectivity index (χ1n) is 7.50. The summed E-state index contributed by atoms with van der Waals surface area (Å²) in [6.07, 6.45) is 0.766. The van der Waals surface area contributed by atoms with Crippen molar-refractivity contribution in [3.8, 4) is 6.07 Å². The van der Waals surface area contributed by atoms with E-state index in [-0.39, 0.29) is 5.69 Å².